The second-order valence-electron chi connectivity index (χ2n) is 16.7. The molecule has 1 aromatic heterocycles. The monoisotopic (exact) mass is 826 g/mol. The Morgan fingerprint density at radius 1 is 0.915 bits per heavy atom. The van der Waals surface area contributed by atoms with Gasteiger partial charge in [0.2, 0.25) is 17.7 Å². The van der Waals surface area contributed by atoms with Crippen molar-refractivity contribution in [2.75, 3.05) is 26.2 Å². The maximum absolute atomic E-state index is 15.1. The molecule has 0 bridgehead atoms. The van der Waals surface area contributed by atoms with Gasteiger partial charge < -0.3 is 46.3 Å². The molecule has 324 valence electrons. The Hall–Kier alpha value is -5.58. The maximum atomic E-state index is 15.1. The van der Waals surface area contributed by atoms with Gasteiger partial charge in [0.15, 0.2) is 0 Å². The molecule has 0 radical (unpaired) electrons. The van der Waals surface area contributed by atoms with Crippen LogP contribution in [0.25, 0.3) is 11.3 Å². The van der Waals surface area contributed by atoms with E-state index in [1.165, 1.54) is 4.90 Å². The van der Waals surface area contributed by atoms with Gasteiger partial charge in [-0.1, -0.05) is 65.0 Å². The molecule has 1 heterocycles. The average Bonchev–Trinajstić information content (AvgIpc) is 3.54. The molecule has 0 unspecified atom stereocenters. The lowest BCUT2D eigenvalue weighted by Crippen LogP contribution is -2.56. The normalized spacial score (nSPS) is 13.2. The lowest BCUT2D eigenvalue weighted by Gasteiger charge is -2.40. The van der Waals surface area contributed by atoms with Crippen LogP contribution < -0.4 is 27.0 Å². The lowest BCUT2D eigenvalue weighted by atomic mass is 9.84. The van der Waals surface area contributed by atoms with Crippen LogP contribution in [0.15, 0.2) is 54.7 Å². The third-order valence-electron chi connectivity index (χ3n) is 9.14. The number of nitrogens with zero attached hydrogens (tertiary/aromatic N) is 3. The van der Waals surface area contributed by atoms with E-state index in [0.29, 0.717) is 5.82 Å². The first-order chi connectivity index (χ1) is 27.6. The highest BCUT2D eigenvalue weighted by Gasteiger charge is 2.38. The molecule has 17 heteroatoms. The molecule has 0 aliphatic heterocycles. The number of urea groups is 1. The second-order valence-corrected chi connectivity index (χ2v) is 16.7. The first-order valence-electron chi connectivity index (χ1n) is 19.7. The highest BCUT2D eigenvalue weighted by atomic mass is 19.1. The zero-order chi connectivity index (χ0) is 44.1. The average molecular weight is 827 g/mol. The van der Waals surface area contributed by atoms with Gasteiger partial charge in [0.1, 0.15) is 41.8 Å². The summed E-state index contributed by atoms with van der Waals surface area (Å²) >= 11 is 0. The number of carbonyl (C=O) groups is 5. The number of aliphatic hydroxyl groups excluding tert-OH is 1. The molecule has 0 saturated heterocycles. The molecular formula is C42H60F2N8O7. The molecule has 3 rings (SSSR count). The second kappa shape index (κ2) is 21.4. The van der Waals surface area contributed by atoms with E-state index < -0.39 is 77.2 Å². The Labute approximate surface area is 344 Å². The molecular weight excluding hydrogens is 767 g/mol. The van der Waals surface area contributed by atoms with Crippen molar-refractivity contribution in [3.05, 3.63) is 77.8 Å². The minimum atomic E-state index is -1.08. The summed E-state index contributed by atoms with van der Waals surface area (Å²) in [6, 6.07) is 8.86. The standard InChI is InChI=1S/C42H60F2N8O7/c1-26(2)34(50-40(58)59-42(6,7)8)38(56)49-31(16-12-19-47-39(45)57)37(55)46-20-13-21-52(33(54)25-53)35(41(3,4)5)36-48-32(29-22-28(43)17-18-30(29)44)24-51(36)23-27-14-10-9-11-15-27/h9-11,14-15,17-18,22,24,26,31,34-35,53H,12-13,16,19-21,23,25H2,1-8H3,(H,46,55)(H,49,56)(H,50,58)(H3,45,47,57)/t31-,34-,35-/m0/s1. The van der Waals surface area contributed by atoms with Crippen molar-refractivity contribution in [1.82, 2.24) is 35.7 Å². The molecule has 6 amide bonds. The van der Waals surface area contributed by atoms with Gasteiger partial charge in [0, 0.05) is 37.9 Å². The smallest absolute Gasteiger partial charge is 0.408 e. The SMILES string of the molecule is CC(C)[C@H](NC(=O)OC(C)(C)C)C(=O)N[C@@H](CCCNC(N)=O)C(=O)NCCCN(C(=O)CO)[C@@H](c1nc(-c2cc(F)ccc2F)cn1Cc1ccccc1)C(C)(C)C. The number of halogens is 2. The molecule has 7 N–H and O–H groups in total. The van der Waals surface area contributed by atoms with Gasteiger partial charge in [-0.25, -0.2) is 23.4 Å². The topological polar surface area (TPSA) is 210 Å². The molecule has 2 aromatic carbocycles. The van der Waals surface area contributed by atoms with E-state index in [0.717, 1.165) is 23.8 Å². The van der Waals surface area contributed by atoms with Crippen LogP contribution in [0.2, 0.25) is 0 Å². The first kappa shape index (κ1) is 47.8. The van der Waals surface area contributed by atoms with Gasteiger partial charge in [-0.2, -0.15) is 0 Å². The number of primary amides is 1. The predicted octanol–water partition coefficient (Wildman–Crippen LogP) is 4.77. The number of nitrogens with two attached hydrogens (primary N) is 1. The Kier molecular flexibility index (Phi) is 17.4. The number of aliphatic hydroxyl groups is 1. The third kappa shape index (κ3) is 14.9. The van der Waals surface area contributed by atoms with Crippen molar-refractivity contribution >= 4 is 29.8 Å². The van der Waals surface area contributed by atoms with Crippen LogP contribution in [-0.2, 0) is 25.7 Å². The van der Waals surface area contributed by atoms with Crippen LogP contribution >= 0.6 is 0 Å². The quantitative estimate of drug-likeness (QED) is 0.0926. The minimum Gasteiger partial charge on any atom is -0.444 e. The van der Waals surface area contributed by atoms with Gasteiger partial charge in [0.05, 0.1) is 11.7 Å². The fraction of sp³-hybridized carbons (Fsp3) is 0.524. The molecule has 0 spiro atoms. The highest BCUT2D eigenvalue weighted by Crippen LogP contribution is 2.39. The molecule has 3 aromatic rings. The Balaban J connectivity index is 1.88. The summed E-state index contributed by atoms with van der Waals surface area (Å²) in [4.78, 5) is 70.7. The van der Waals surface area contributed by atoms with Crippen molar-refractivity contribution in [2.45, 2.75) is 105 Å². The summed E-state index contributed by atoms with van der Waals surface area (Å²) in [5.41, 5.74) is 4.66. The molecule has 0 saturated carbocycles. The Morgan fingerprint density at radius 3 is 2.17 bits per heavy atom. The molecule has 15 nitrogen and oxygen atoms in total. The Bertz CT molecular complexity index is 1890. The van der Waals surface area contributed by atoms with Gasteiger partial charge in [-0.15, -0.1) is 0 Å². The van der Waals surface area contributed by atoms with Crippen LogP contribution in [0.5, 0.6) is 0 Å². The van der Waals surface area contributed by atoms with E-state index in [1.54, 1.807) is 45.4 Å². The number of imidazole rings is 1. The number of rotatable bonds is 19. The summed E-state index contributed by atoms with van der Waals surface area (Å²) < 4.78 is 36.5. The molecule has 59 heavy (non-hydrogen) atoms. The minimum absolute atomic E-state index is 0.0399. The molecule has 0 fully saturated rings. The van der Waals surface area contributed by atoms with Crippen molar-refractivity contribution in [3.8, 4) is 11.3 Å². The number of benzene rings is 2. The van der Waals surface area contributed by atoms with Crippen molar-refractivity contribution in [3.63, 3.8) is 0 Å². The number of nitrogens with one attached hydrogen (secondary N) is 4. The van der Waals surface area contributed by atoms with Crippen LogP contribution in [0.3, 0.4) is 0 Å². The summed E-state index contributed by atoms with van der Waals surface area (Å²) in [6.07, 6.45) is 1.40. The highest BCUT2D eigenvalue weighted by molar-refractivity contribution is 5.91. The summed E-state index contributed by atoms with van der Waals surface area (Å²) in [5.74, 6) is -3.11. The molecule has 0 aliphatic rings. The first-order valence-corrected chi connectivity index (χ1v) is 19.7. The van der Waals surface area contributed by atoms with Crippen LogP contribution in [0, 0.1) is 23.0 Å². The summed E-state index contributed by atoms with van der Waals surface area (Å²) in [6.45, 7) is 13.9. The number of ether oxygens (including phenoxy) is 1. The summed E-state index contributed by atoms with van der Waals surface area (Å²) in [5, 5.41) is 20.7. The van der Waals surface area contributed by atoms with Crippen LogP contribution in [-0.4, -0.2) is 93.3 Å². The maximum Gasteiger partial charge on any atom is 0.408 e. The van der Waals surface area contributed by atoms with Crippen LogP contribution in [0.1, 0.15) is 92.1 Å². The van der Waals surface area contributed by atoms with Gasteiger partial charge in [0.25, 0.3) is 0 Å². The van der Waals surface area contributed by atoms with E-state index in [9.17, 15) is 33.5 Å². The van der Waals surface area contributed by atoms with E-state index >= 15 is 4.39 Å². The molecule has 3 atom stereocenters. The fourth-order valence-electron chi connectivity index (χ4n) is 6.46. The fourth-order valence-corrected chi connectivity index (χ4v) is 6.46. The van der Waals surface area contributed by atoms with E-state index in [-0.39, 0.29) is 62.6 Å². The van der Waals surface area contributed by atoms with Gasteiger partial charge in [-0.3, -0.25) is 14.4 Å². The van der Waals surface area contributed by atoms with Gasteiger partial charge in [-0.05, 0) is 75.1 Å². The summed E-state index contributed by atoms with van der Waals surface area (Å²) in [7, 11) is 0. The zero-order valence-corrected chi connectivity index (χ0v) is 35.2. The van der Waals surface area contributed by atoms with E-state index in [4.69, 9.17) is 15.5 Å². The van der Waals surface area contributed by atoms with Crippen molar-refractivity contribution in [2.24, 2.45) is 17.1 Å². The number of amides is 6. The number of aromatic nitrogens is 2. The third-order valence-corrected chi connectivity index (χ3v) is 9.14. The molecule has 0 aliphatic carbocycles. The number of hydrogen-bond donors (Lipinski definition) is 6. The largest absolute Gasteiger partial charge is 0.444 e. The van der Waals surface area contributed by atoms with E-state index in [2.05, 4.69) is 21.3 Å². The van der Waals surface area contributed by atoms with Crippen molar-refractivity contribution in [1.29, 1.82) is 0 Å². The number of carbonyl (C=O) groups excluding carboxylic acids is 5. The lowest BCUT2D eigenvalue weighted by molar-refractivity contribution is -0.139. The predicted molar refractivity (Wildman–Crippen MR) is 218 cm³/mol. The van der Waals surface area contributed by atoms with Gasteiger partial charge >= 0.3 is 12.1 Å². The zero-order valence-electron chi connectivity index (χ0n) is 35.2. The van der Waals surface area contributed by atoms with Crippen molar-refractivity contribution < 1.29 is 42.6 Å². The Morgan fingerprint density at radius 2 is 1.58 bits per heavy atom. The van der Waals surface area contributed by atoms with Crippen LogP contribution in [0.4, 0.5) is 18.4 Å². The number of hydrogen-bond acceptors (Lipinski definition) is 8. The van der Waals surface area contributed by atoms with E-state index in [1.807, 2.05) is 51.1 Å². The number of alkyl carbamates (subject to hydrolysis) is 1.